The molecule has 0 aliphatic heterocycles. The summed E-state index contributed by atoms with van der Waals surface area (Å²) in [7, 11) is 0. The van der Waals surface area contributed by atoms with E-state index in [1.165, 1.54) is 0 Å². The highest BCUT2D eigenvalue weighted by Gasteiger charge is 2.14. The first-order valence-corrected chi connectivity index (χ1v) is 8.61. The molecule has 0 bridgehead atoms. The largest absolute Gasteiger partial charge is 0.452 e. The van der Waals surface area contributed by atoms with Crippen LogP contribution in [0.5, 0.6) is 0 Å². The standard InChI is InChI=1S/C21H25NO3/c1-5-16-8-7-9-17(6-2)20(16)22-19(23)13-25-21(24)18-11-10-14(3)12-15(18)4/h7-12H,5-6,13H2,1-4H3,(H,22,23). The molecule has 1 N–H and O–H groups in total. The Labute approximate surface area is 149 Å². The Morgan fingerprint density at radius 3 is 2.20 bits per heavy atom. The molecule has 0 aliphatic carbocycles. The van der Waals surface area contributed by atoms with Crippen LogP contribution < -0.4 is 5.32 Å². The number of carbonyl (C=O) groups is 2. The van der Waals surface area contributed by atoms with E-state index in [4.69, 9.17) is 4.74 Å². The van der Waals surface area contributed by atoms with Crippen LogP contribution in [0.3, 0.4) is 0 Å². The fourth-order valence-corrected chi connectivity index (χ4v) is 2.83. The van der Waals surface area contributed by atoms with E-state index in [-0.39, 0.29) is 12.5 Å². The second-order valence-electron chi connectivity index (χ2n) is 6.10. The molecule has 0 unspecified atom stereocenters. The van der Waals surface area contributed by atoms with Crippen LogP contribution in [0.2, 0.25) is 0 Å². The number of anilines is 1. The number of esters is 1. The molecule has 1 amide bonds. The van der Waals surface area contributed by atoms with Crippen LogP contribution in [0.15, 0.2) is 36.4 Å². The van der Waals surface area contributed by atoms with Gasteiger partial charge in [0.1, 0.15) is 0 Å². The Balaban J connectivity index is 2.03. The van der Waals surface area contributed by atoms with Crippen LogP contribution >= 0.6 is 0 Å². The number of benzene rings is 2. The first kappa shape index (κ1) is 18.7. The van der Waals surface area contributed by atoms with Gasteiger partial charge in [-0.3, -0.25) is 4.79 Å². The van der Waals surface area contributed by atoms with Crippen molar-refractivity contribution < 1.29 is 14.3 Å². The summed E-state index contributed by atoms with van der Waals surface area (Å²) in [5.41, 5.74) is 5.40. The normalized spacial score (nSPS) is 10.4. The Bertz CT molecular complexity index is 758. The van der Waals surface area contributed by atoms with Crippen molar-refractivity contribution in [3.63, 3.8) is 0 Å². The Hall–Kier alpha value is -2.62. The van der Waals surface area contributed by atoms with Gasteiger partial charge in [0, 0.05) is 5.69 Å². The van der Waals surface area contributed by atoms with Gasteiger partial charge >= 0.3 is 5.97 Å². The van der Waals surface area contributed by atoms with E-state index < -0.39 is 5.97 Å². The molecular formula is C21H25NO3. The van der Waals surface area contributed by atoms with Gasteiger partial charge in [0.25, 0.3) is 5.91 Å². The van der Waals surface area contributed by atoms with Gasteiger partial charge in [-0.15, -0.1) is 0 Å². The highest BCUT2D eigenvalue weighted by Crippen LogP contribution is 2.22. The number of para-hydroxylation sites is 1. The van der Waals surface area contributed by atoms with Gasteiger partial charge in [0.15, 0.2) is 6.61 Å². The first-order chi connectivity index (χ1) is 12.0. The summed E-state index contributed by atoms with van der Waals surface area (Å²) < 4.78 is 5.18. The number of hydrogen-bond acceptors (Lipinski definition) is 3. The fraction of sp³-hybridized carbons (Fsp3) is 0.333. The highest BCUT2D eigenvalue weighted by molar-refractivity contribution is 5.97. The lowest BCUT2D eigenvalue weighted by Crippen LogP contribution is -2.22. The molecule has 0 atom stereocenters. The molecule has 2 aromatic carbocycles. The summed E-state index contributed by atoms with van der Waals surface area (Å²) in [6, 6.07) is 11.5. The molecule has 4 nitrogen and oxygen atoms in total. The minimum atomic E-state index is -0.479. The molecule has 2 aromatic rings. The maximum atomic E-state index is 12.2. The lowest BCUT2D eigenvalue weighted by molar-refractivity contribution is -0.119. The summed E-state index contributed by atoms with van der Waals surface area (Å²) in [4.78, 5) is 24.4. The van der Waals surface area contributed by atoms with Gasteiger partial charge in [0.05, 0.1) is 5.56 Å². The average molecular weight is 339 g/mol. The third kappa shape index (κ3) is 4.69. The van der Waals surface area contributed by atoms with Crippen molar-refractivity contribution in [1.29, 1.82) is 0 Å². The molecular weight excluding hydrogens is 314 g/mol. The zero-order chi connectivity index (χ0) is 18.4. The second kappa shape index (κ2) is 8.47. The van der Waals surface area contributed by atoms with Gasteiger partial charge in [-0.25, -0.2) is 4.79 Å². The Morgan fingerprint density at radius 1 is 1.00 bits per heavy atom. The van der Waals surface area contributed by atoms with E-state index in [9.17, 15) is 9.59 Å². The SMILES string of the molecule is CCc1cccc(CC)c1NC(=O)COC(=O)c1ccc(C)cc1C. The van der Waals surface area contributed by atoms with E-state index in [0.717, 1.165) is 40.8 Å². The molecule has 0 fully saturated rings. The number of ether oxygens (including phenoxy) is 1. The third-order valence-corrected chi connectivity index (χ3v) is 4.20. The van der Waals surface area contributed by atoms with Crippen molar-refractivity contribution in [3.8, 4) is 0 Å². The molecule has 0 radical (unpaired) electrons. The quantitative estimate of drug-likeness (QED) is 0.802. The molecule has 0 aliphatic rings. The van der Waals surface area contributed by atoms with Gasteiger partial charge < -0.3 is 10.1 Å². The van der Waals surface area contributed by atoms with Crippen molar-refractivity contribution in [2.75, 3.05) is 11.9 Å². The minimum absolute atomic E-state index is 0.298. The second-order valence-corrected chi connectivity index (χ2v) is 6.10. The van der Waals surface area contributed by atoms with Gasteiger partial charge in [-0.05, 0) is 49.4 Å². The predicted octanol–water partition coefficient (Wildman–Crippen LogP) is 4.22. The lowest BCUT2D eigenvalue weighted by atomic mass is 10.0. The summed E-state index contributed by atoms with van der Waals surface area (Å²) in [5, 5.41) is 2.90. The molecule has 0 heterocycles. The first-order valence-electron chi connectivity index (χ1n) is 8.61. The zero-order valence-corrected chi connectivity index (χ0v) is 15.3. The maximum Gasteiger partial charge on any atom is 0.338 e. The zero-order valence-electron chi connectivity index (χ0n) is 15.3. The molecule has 0 aromatic heterocycles. The van der Waals surface area contributed by atoms with E-state index in [0.29, 0.717) is 5.56 Å². The van der Waals surface area contributed by atoms with Crippen molar-refractivity contribution in [2.24, 2.45) is 0 Å². The Kier molecular flexibility index (Phi) is 6.34. The van der Waals surface area contributed by atoms with E-state index in [1.54, 1.807) is 6.07 Å². The van der Waals surface area contributed by atoms with Gasteiger partial charge in [-0.1, -0.05) is 49.7 Å². The number of amides is 1. The Morgan fingerprint density at radius 2 is 1.64 bits per heavy atom. The number of hydrogen-bond donors (Lipinski definition) is 1. The van der Waals surface area contributed by atoms with Crippen LogP contribution in [-0.4, -0.2) is 18.5 Å². The topological polar surface area (TPSA) is 55.4 Å². The van der Waals surface area contributed by atoms with Crippen molar-refractivity contribution in [1.82, 2.24) is 0 Å². The van der Waals surface area contributed by atoms with Gasteiger partial charge in [-0.2, -0.15) is 0 Å². The van der Waals surface area contributed by atoms with Crippen LogP contribution in [-0.2, 0) is 22.4 Å². The van der Waals surface area contributed by atoms with Crippen LogP contribution in [0.1, 0.15) is 46.5 Å². The predicted molar refractivity (Wildman–Crippen MR) is 100 cm³/mol. The minimum Gasteiger partial charge on any atom is -0.452 e. The molecule has 25 heavy (non-hydrogen) atoms. The highest BCUT2D eigenvalue weighted by atomic mass is 16.5. The smallest absolute Gasteiger partial charge is 0.338 e. The lowest BCUT2D eigenvalue weighted by Gasteiger charge is -2.14. The van der Waals surface area contributed by atoms with Crippen LogP contribution in [0, 0.1) is 13.8 Å². The van der Waals surface area contributed by atoms with Crippen molar-refractivity contribution in [3.05, 3.63) is 64.2 Å². The number of nitrogens with one attached hydrogen (secondary N) is 1. The van der Waals surface area contributed by atoms with Crippen LogP contribution in [0.4, 0.5) is 5.69 Å². The van der Waals surface area contributed by atoms with E-state index in [2.05, 4.69) is 5.32 Å². The summed E-state index contributed by atoms with van der Waals surface area (Å²) in [6.07, 6.45) is 1.65. The van der Waals surface area contributed by atoms with Crippen molar-refractivity contribution >= 4 is 17.6 Å². The van der Waals surface area contributed by atoms with E-state index >= 15 is 0 Å². The molecule has 4 heteroatoms. The maximum absolute atomic E-state index is 12.2. The monoisotopic (exact) mass is 339 g/mol. The third-order valence-electron chi connectivity index (χ3n) is 4.20. The molecule has 0 saturated carbocycles. The van der Waals surface area contributed by atoms with Crippen molar-refractivity contribution in [2.45, 2.75) is 40.5 Å². The number of carbonyl (C=O) groups excluding carboxylic acids is 2. The summed E-state index contributed by atoms with van der Waals surface area (Å²) in [6.45, 7) is 7.61. The molecule has 0 spiro atoms. The molecule has 2 rings (SSSR count). The summed E-state index contributed by atoms with van der Waals surface area (Å²) >= 11 is 0. The number of aryl methyl sites for hydroxylation is 4. The number of rotatable bonds is 6. The van der Waals surface area contributed by atoms with E-state index in [1.807, 2.05) is 58.0 Å². The van der Waals surface area contributed by atoms with Crippen LogP contribution in [0.25, 0.3) is 0 Å². The fourth-order valence-electron chi connectivity index (χ4n) is 2.83. The van der Waals surface area contributed by atoms with Gasteiger partial charge in [0.2, 0.25) is 0 Å². The molecule has 132 valence electrons. The summed E-state index contributed by atoms with van der Waals surface area (Å²) in [5.74, 6) is -0.805. The average Bonchev–Trinajstić information content (AvgIpc) is 2.59. The molecule has 0 saturated heterocycles.